The van der Waals surface area contributed by atoms with Crippen molar-refractivity contribution in [3.63, 3.8) is 0 Å². The molecule has 128 valence electrons. The van der Waals surface area contributed by atoms with Gasteiger partial charge in [-0.15, -0.1) is 5.92 Å². The molecule has 1 atom stereocenters. The van der Waals surface area contributed by atoms with Gasteiger partial charge in [0.1, 0.15) is 0 Å². The number of carbonyl (C=O) groups excluding carboxylic acids is 2. The van der Waals surface area contributed by atoms with Crippen LogP contribution in [0.5, 0.6) is 0 Å². The molecule has 1 saturated heterocycles. The van der Waals surface area contributed by atoms with Gasteiger partial charge >= 0.3 is 5.97 Å². The number of rotatable bonds is 9. The molecular weight excluding hydrogens is 290 g/mol. The molecule has 1 aliphatic heterocycles. The zero-order chi connectivity index (χ0) is 16.9. The Morgan fingerprint density at radius 2 is 2.09 bits per heavy atom. The van der Waals surface area contributed by atoms with Crippen molar-refractivity contribution in [2.24, 2.45) is 0 Å². The lowest BCUT2D eigenvalue weighted by atomic mass is 10.1. The normalized spacial score (nSPS) is 17.4. The molecule has 1 heterocycles. The van der Waals surface area contributed by atoms with Gasteiger partial charge in [0.05, 0.1) is 13.2 Å². The number of hydrogen-bond acceptors (Lipinski definition) is 3. The van der Waals surface area contributed by atoms with Crippen LogP contribution >= 0.6 is 0 Å². The summed E-state index contributed by atoms with van der Waals surface area (Å²) in [7, 11) is 1.42. The Morgan fingerprint density at radius 1 is 1.30 bits per heavy atom. The largest absolute Gasteiger partial charge is 0.469 e. The van der Waals surface area contributed by atoms with Gasteiger partial charge in [0.2, 0.25) is 5.91 Å². The van der Waals surface area contributed by atoms with Gasteiger partial charge in [-0.2, -0.15) is 0 Å². The quantitative estimate of drug-likeness (QED) is 0.283. The third kappa shape index (κ3) is 7.88. The minimum Gasteiger partial charge on any atom is -0.469 e. The first-order valence-corrected chi connectivity index (χ1v) is 8.67. The second kappa shape index (κ2) is 11.8. The van der Waals surface area contributed by atoms with E-state index >= 15 is 0 Å². The summed E-state index contributed by atoms with van der Waals surface area (Å²) in [5.74, 6) is 6.25. The number of amides is 1. The van der Waals surface area contributed by atoms with Crippen molar-refractivity contribution in [1.82, 2.24) is 4.90 Å². The highest BCUT2D eigenvalue weighted by molar-refractivity contribution is 5.79. The van der Waals surface area contributed by atoms with E-state index in [-0.39, 0.29) is 17.9 Å². The third-order valence-corrected chi connectivity index (χ3v) is 4.01. The summed E-state index contributed by atoms with van der Waals surface area (Å²) in [4.78, 5) is 25.0. The number of ether oxygens (including phenoxy) is 1. The molecule has 1 fully saturated rings. The number of unbranched alkanes of at least 4 members (excludes halogenated alkanes) is 3. The molecule has 0 aromatic heterocycles. The van der Waals surface area contributed by atoms with Crippen molar-refractivity contribution in [1.29, 1.82) is 0 Å². The van der Waals surface area contributed by atoms with Crippen LogP contribution < -0.4 is 0 Å². The molecule has 0 N–H and O–H groups in total. The highest BCUT2D eigenvalue weighted by atomic mass is 16.5. The SMILES string of the molecule is CCC#CC/C=C/C1CCC(=O)N1CCCCCCC(=O)OC. The first-order chi connectivity index (χ1) is 11.2. The standard InChI is InChI=1S/C19H29NO3/c1-3-4-5-6-9-12-17-14-15-18(21)20(17)16-11-8-7-10-13-19(22)23-2/h9,12,17H,3,6-8,10-11,13-16H2,1-2H3/b12-9+. The van der Waals surface area contributed by atoms with Gasteiger partial charge in [0.15, 0.2) is 0 Å². The Kier molecular flexibility index (Phi) is 9.86. The smallest absolute Gasteiger partial charge is 0.305 e. The van der Waals surface area contributed by atoms with Crippen molar-refractivity contribution in [3.8, 4) is 11.8 Å². The molecule has 0 bridgehead atoms. The Morgan fingerprint density at radius 3 is 2.83 bits per heavy atom. The molecule has 4 heteroatoms. The number of methoxy groups -OCH3 is 1. The van der Waals surface area contributed by atoms with E-state index < -0.39 is 0 Å². The highest BCUT2D eigenvalue weighted by Gasteiger charge is 2.28. The fourth-order valence-corrected chi connectivity index (χ4v) is 2.73. The average molecular weight is 319 g/mol. The van der Waals surface area contributed by atoms with Crippen LogP contribution in [0.3, 0.4) is 0 Å². The van der Waals surface area contributed by atoms with Crippen LogP contribution in [0.2, 0.25) is 0 Å². The molecule has 0 radical (unpaired) electrons. The van der Waals surface area contributed by atoms with E-state index in [0.717, 1.165) is 51.5 Å². The van der Waals surface area contributed by atoms with E-state index in [1.165, 1.54) is 7.11 Å². The Labute approximate surface area is 140 Å². The maximum atomic E-state index is 12.0. The minimum atomic E-state index is -0.143. The zero-order valence-electron chi connectivity index (χ0n) is 14.5. The predicted octanol–water partition coefficient (Wildman–Crippen LogP) is 3.46. The van der Waals surface area contributed by atoms with Crippen molar-refractivity contribution < 1.29 is 14.3 Å². The molecule has 1 amide bonds. The van der Waals surface area contributed by atoms with Crippen LogP contribution in [0.15, 0.2) is 12.2 Å². The summed E-state index contributed by atoms with van der Waals surface area (Å²) in [6.45, 7) is 2.85. The van der Waals surface area contributed by atoms with Crippen molar-refractivity contribution in [3.05, 3.63) is 12.2 Å². The molecule has 1 rings (SSSR count). The van der Waals surface area contributed by atoms with E-state index in [1.807, 2.05) is 11.8 Å². The molecule has 23 heavy (non-hydrogen) atoms. The Balaban J connectivity index is 2.24. The summed E-state index contributed by atoms with van der Waals surface area (Å²) in [6.07, 6.45) is 11.8. The van der Waals surface area contributed by atoms with Crippen molar-refractivity contribution >= 4 is 11.9 Å². The van der Waals surface area contributed by atoms with Crippen LogP contribution in [0.1, 0.15) is 64.7 Å². The molecule has 0 aromatic rings. The number of likely N-dealkylation sites (tertiary alicyclic amines) is 1. The number of hydrogen-bond donors (Lipinski definition) is 0. The van der Waals surface area contributed by atoms with Crippen molar-refractivity contribution in [2.45, 2.75) is 70.8 Å². The first-order valence-electron chi connectivity index (χ1n) is 8.67. The Hall–Kier alpha value is -1.76. The molecule has 0 saturated carbocycles. The van der Waals surface area contributed by atoms with Crippen LogP contribution in [0.4, 0.5) is 0 Å². The van der Waals surface area contributed by atoms with Gasteiger partial charge in [0, 0.05) is 32.2 Å². The fraction of sp³-hybridized carbons (Fsp3) is 0.684. The first kappa shape index (κ1) is 19.3. The van der Waals surface area contributed by atoms with Crippen LogP contribution in [0.25, 0.3) is 0 Å². The molecule has 1 unspecified atom stereocenters. The number of carbonyl (C=O) groups is 2. The summed E-state index contributed by atoms with van der Waals surface area (Å²) in [6, 6.07) is 0.237. The number of esters is 1. The molecule has 4 nitrogen and oxygen atoms in total. The van der Waals surface area contributed by atoms with Crippen LogP contribution in [-0.4, -0.2) is 36.5 Å². The number of nitrogens with zero attached hydrogens (tertiary/aromatic N) is 1. The maximum absolute atomic E-state index is 12.0. The van der Waals surface area contributed by atoms with E-state index in [1.54, 1.807) is 0 Å². The molecule has 0 aromatic carbocycles. The lowest BCUT2D eigenvalue weighted by Crippen LogP contribution is -2.32. The van der Waals surface area contributed by atoms with Crippen LogP contribution in [-0.2, 0) is 14.3 Å². The fourth-order valence-electron chi connectivity index (χ4n) is 2.73. The van der Waals surface area contributed by atoms with Gasteiger partial charge in [-0.05, 0) is 19.3 Å². The maximum Gasteiger partial charge on any atom is 0.305 e. The minimum absolute atomic E-state index is 0.143. The van der Waals surface area contributed by atoms with Crippen LogP contribution in [0, 0.1) is 11.8 Å². The van der Waals surface area contributed by atoms with Gasteiger partial charge in [-0.25, -0.2) is 0 Å². The van der Waals surface area contributed by atoms with E-state index in [4.69, 9.17) is 0 Å². The van der Waals surface area contributed by atoms with Gasteiger partial charge in [-0.3, -0.25) is 9.59 Å². The topological polar surface area (TPSA) is 46.6 Å². The number of allylic oxidation sites excluding steroid dienone is 1. The average Bonchev–Trinajstić information content (AvgIpc) is 2.90. The summed E-state index contributed by atoms with van der Waals surface area (Å²) in [5.41, 5.74) is 0. The summed E-state index contributed by atoms with van der Waals surface area (Å²) in [5, 5.41) is 0. The monoisotopic (exact) mass is 319 g/mol. The second-order valence-electron chi connectivity index (χ2n) is 5.77. The zero-order valence-corrected chi connectivity index (χ0v) is 14.5. The third-order valence-electron chi connectivity index (χ3n) is 4.01. The summed E-state index contributed by atoms with van der Waals surface area (Å²) >= 11 is 0. The second-order valence-corrected chi connectivity index (χ2v) is 5.77. The predicted molar refractivity (Wildman–Crippen MR) is 91.7 cm³/mol. The van der Waals surface area contributed by atoms with Gasteiger partial charge in [0.25, 0.3) is 0 Å². The molecule has 0 spiro atoms. The lowest BCUT2D eigenvalue weighted by molar-refractivity contribution is -0.140. The van der Waals surface area contributed by atoms with E-state index in [9.17, 15) is 9.59 Å². The van der Waals surface area contributed by atoms with Crippen molar-refractivity contribution in [2.75, 3.05) is 13.7 Å². The van der Waals surface area contributed by atoms with Gasteiger partial charge in [-0.1, -0.05) is 37.8 Å². The van der Waals surface area contributed by atoms with E-state index in [2.05, 4.69) is 28.7 Å². The molecular formula is C19H29NO3. The highest BCUT2D eigenvalue weighted by Crippen LogP contribution is 2.21. The molecule has 1 aliphatic rings. The molecule has 0 aliphatic carbocycles. The van der Waals surface area contributed by atoms with E-state index in [0.29, 0.717) is 12.8 Å². The summed E-state index contributed by atoms with van der Waals surface area (Å²) < 4.78 is 4.62. The lowest BCUT2D eigenvalue weighted by Gasteiger charge is -2.22. The van der Waals surface area contributed by atoms with Gasteiger partial charge < -0.3 is 9.64 Å². The Bertz CT molecular complexity index is 459.